The van der Waals surface area contributed by atoms with Crippen LogP contribution in [-0.4, -0.2) is 9.97 Å². The minimum Gasteiger partial charge on any atom is -0.369 e. The molecule has 0 aliphatic heterocycles. The van der Waals surface area contributed by atoms with Crippen molar-refractivity contribution >= 4 is 5.95 Å². The van der Waals surface area contributed by atoms with E-state index in [2.05, 4.69) is 9.97 Å². The van der Waals surface area contributed by atoms with Crippen LogP contribution in [0.5, 0.6) is 0 Å². The van der Waals surface area contributed by atoms with Crippen molar-refractivity contribution in [1.29, 1.82) is 0 Å². The summed E-state index contributed by atoms with van der Waals surface area (Å²) in [6, 6.07) is 0. The summed E-state index contributed by atoms with van der Waals surface area (Å²) in [7, 11) is 0. The summed E-state index contributed by atoms with van der Waals surface area (Å²) >= 11 is 0. The summed E-state index contributed by atoms with van der Waals surface area (Å²) in [6.07, 6.45) is 9.96. The van der Waals surface area contributed by atoms with Gasteiger partial charge in [-0.2, -0.15) is 0 Å². The molecular weight excluding hydrogens is 162 g/mol. The average Bonchev–Trinajstić information content (AvgIpc) is 2.43. The lowest BCUT2D eigenvalue weighted by Crippen LogP contribution is -1.97. The quantitative estimate of drug-likeness (QED) is 0.650. The lowest BCUT2D eigenvalue weighted by atomic mass is 9.97. The molecule has 1 aliphatic rings. The number of anilines is 1. The number of nitrogens with one attached hydrogen (secondary N) is 1. The minimum atomic E-state index is 0.555. The third-order valence-electron chi connectivity index (χ3n) is 2.91. The first-order valence-corrected chi connectivity index (χ1v) is 5.16. The van der Waals surface area contributed by atoms with Gasteiger partial charge in [-0.3, -0.25) is 0 Å². The zero-order chi connectivity index (χ0) is 9.10. The molecule has 1 heterocycles. The van der Waals surface area contributed by atoms with E-state index >= 15 is 0 Å². The van der Waals surface area contributed by atoms with Gasteiger partial charge in [0.25, 0.3) is 0 Å². The van der Waals surface area contributed by atoms with Gasteiger partial charge in [-0.1, -0.05) is 25.7 Å². The maximum atomic E-state index is 5.56. The SMILES string of the molecule is Nc1ncc(C2CCCCCC2)[nH]1. The molecule has 0 atom stereocenters. The Morgan fingerprint density at radius 3 is 2.46 bits per heavy atom. The molecule has 1 aromatic heterocycles. The van der Waals surface area contributed by atoms with Crippen LogP contribution in [0, 0.1) is 0 Å². The number of rotatable bonds is 1. The largest absolute Gasteiger partial charge is 0.369 e. The predicted octanol–water partition coefficient (Wildman–Crippen LogP) is 2.43. The smallest absolute Gasteiger partial charge is 0.197 e. The van der Waals surface area contributed by atoms with Crippen LogP contribution in [0.2, 0.25) is 0 Å². The van der Waals surface area contributed by atoms with Crippen LogP contribution in [-0.2, 0) is 0 Å². The van der Waals surface area contributed by atoms with Gasteiger partial charge in [0.1, 0.15) is 0 Å². The molecule has 0 bridgehead atoms. The monoisotopic (exact) mass is 179 g/mol. The van der Waals surface area contributed by atoms with Gasteiger partial charge in [0.2, 0.25) is 0 Å². The Morgan fingerprint density at radius 1 is 1.23 bits per heavy atom. The van der Waals surface area contributed by atoms with Crippen molar-refractivity contribution in [2.45, 2.75) is 44.4 Å². The molecule has 13 heavy (non-hydrogen) atoms. The fourth-order valence-corrected chi connectivity index (χ4v) is 2.15. The van der Waals surface area contributed by atoms with E-state index < -0.39 is 0 Å². The zero-order valence-corrected chi connectivity index (χ0v) is 7.92. The maximum absolute atomic E-state index is 5.56. The van der Waals surface area contributed by atoms with Crippen molar-refractivity contribution in [2.75, 3.05) is 5.73 Å². The first-order chi connectivity index (χ1) is 6.36. The van der Waals surface area contributed by atoms with E-state index in [4.69, 9.17) is 5.73 Å². The summed E-state index contributed by atoms with van der Waals surface area (Å²) in [5, 5.41) is 0. The van der Waals surface area contributed by atoms with Crippen molar-refractivity contribution in [3.8, 4) is 0 Å². The molecule has 0 spiro atoms. The Morgan fingerprint density at radius 2 is 1.92 bits per heavy atom. The van der Waals surface area contributed by atoms with Crippen molar-refractivity contribution in [3.63, 3.8) is 0 Å². The van der Waals surface area contributed by atoms with Crippen LogP contribution in [0.15, 0.2) is 6.20 Å². The molecule has 72 valence electrons. The molecular formula is C10H17N3. The molecule has 0 unspecified atom stereocenters. The standard InChI is InChI=1S/C10H17N3/c11-10-12-7-9(13-10)8-5-3-1-2-4-6-8/h7-8H,1-6H2,(H3,11,12,13). The van der Waals surface area contributed by atoms with E-state index in [-0.39, 0.29) is 0 Å². The topological polar surface area (TPSA) is 54.7 Å². The van der Waals surface area contributed by atoms with Gasteiger partial charge < -0.3 is 10.7 Å². The van der Waals surface area contributed by atoms with Crippen LogP contribution >= 0.6 is 0 Å². The molecule has 0 radical (unpaired) electrons. The highest BCUT2D eigenvalue weighted by Crippen LogP contribution is 2.30. The molecule has 0 aromatic carbocycles. The first-order valence-electron chi connectivity index (χ1n) is 5.16. The summed E-state index contributed by atoms with van der Waals surface area (Å²) in [6.45, 7) is 0. The lowest BCUT2D eigenvalue weighted by Gasteiger charge is -2.10. The number of nitrogens with zero attached hydrogens (tertiary/aromatic N) is 1. The number of aromatic amines is 1. The van der Waals surface area contributed by atoms with E-state index in [0.717, 1.165) is 0 Å². The number of aromatic nitrogens is 2. The molecule has 1 aromatic rings. The Kier molecular flexibility index (Phi) is 2.52. The third kappa shape index (κ3) is 2.02. The highest BCUT2D eigenvalue weighted by Gasteiger charge is 2.15. The molecule has 2 rings (SSSR count). The Hall–Kier alpha value is -0.990. The minimum absolute atomic E-state index is 0.555. The molecule has 0 saturated heterocycles. The van der Waals surface area contributed by atoms with Gasteiger partial charge in [-0.25, -0.2) is 4.98 Å². The van der Waals surface area contributed by atoms with Crippen LogP contribution < -0.4 is 5.73 Å². The molecule has 1 fully saturated rings. The highest BCUT2D eigenvalue weighted by molar-refractivity contribution is 5.20. The number of nitrogen functional groups attached to an aromatic ring is 1. The van der Waals surface area contributed by atoms with Gasteiger partial charge in [0.05, 0.1) is 6.20 Å². The molecule has 0 amide bonds. The number of H-pyrrole nitrogens is 1. The molecule has 3 N–H and O–H groups in total. The maximum Gasteiger partial charge on any atom is 0.197 e. The van der Waals surface area contributed by atoms with E-state index in [1.165, 1.54) is 44.2 Å². The molecule has 3 nitrogen and oxygen atoms in total. The predicted molar refractivity (Wildman–Crippen MR) is 53.4 cm³/mol. The number of hydrogen-bond acceptors (Lipinski definition) is 2. The Labute approximate surface area is 78.7 Å². The van der Waals surface area contributed by atoms with Crippen LogP contribution in [0.25, 0.3) is 0 Å². The van der Waals surface area contributed by atoms with Gasteiger partial charge in [-0.05, 0) is 12.8 Å². The van der Waals surface area contributed by atoms with Crippen molar-refractivity contribution in [3.05, 3.63) is 11.9 Å². The van der Waals surface area contributed by atoms with Crippen molar-refractivity contribution in [2.24, 2.45) is 0 Å². The second kappa shape index (κ2) is 3.81. The number of hydrogen-bond donors (Lipinski definition) is 2. The van der Waals surface area contributed by atoms with Gasteiger partial charge in [0.15, 0.2) is 5.95 Å². The summed E-state index contributed by atoms with van der Waals surface area (Å²) < 4.78 is 0. The summed E-state index contributed by atoms with van der Waals surface area (Å²) in [5.74, 6) is 1.23. The number of imidazole rings is 1. The second-order valence-corrected chi connectivity index (χ2v) is 3.91. The lowest BCUT2D eigenvalue weighted by molar-refractivity contribution is 0.580. The Balaban J connectivity index is 2.06. The molecule has 3 heteroatoms. The van der Waals surface area contributed by atoms with Crippen molar-refractivity contribution in [1.82, 2.24) is 9.97 Å². The van der Waals surface area contributed by atoms with Gasteiger partial charge >= 0.3 is 0 Å². The third-order valence-corrected chi connectivity index (χ3v) is 2.91. The normalized spacial score (nSPS) is 20.0. The molecule has 1 aliphatic carbocycles. The van der Waals surface area contributed by atoms with E-state index in [1.807, 2.05) is 6.20 Å². The van der Waals surface area contributed by atoms with E-state index in [1.54, 1.807) is 0 Å². The fourth-order valence-electron chi connectivity index (χ4n) is 2.15. The van der Waals surface area contributed by atoms with E-state index in [0.29, 0.717) is 11.9 Å². The Bertz CT molecular complexity index is 259. The zero-order valence-electron chi connectivity index (χ0n) is 7.92. The summed E-state index contributed by atoms with van der Waals surface area (Å²) in [5.41, 5.74) is 6.79. The van der Waals surface area contributed by atoms with Crippen LogP contribution in [0.4, 0.5) is 5.95 Å². The van der Waals surface area contributed by atoms with Gasteiger partial charge in [-0.15, -0.1) is 0 Å². The van der Waals surface area contributed by atoms with Crippen LogP contribution in [0.3, 0.4) is 0 Å². The van der Waals surface area contributed by atoms with Crippen LogP contribution in [0.1, 0.15) is 50.1 Å². The van der Waals surface area contributed by atoms with Gasteiger partial charge in [0, 0.05) is 11.6 Å². The van der Waals surface area contributed by atoms with Crippen molar-refractivity contribution < 1.29 is 0 Å². The first kappa shape index (κ1) is 8.60. The number of nitrogens with two attached hydrogens (primary N) is 1. The summed E-state index contributed by atoms with van der Waals surface area (Å²) in [4.78, 5) is 7.18. The van der Waals surface area contributed by atoms with E-state index in [9.17, 15) is 0 Å². The fraction of sp³-hybridized carbons (Fsp3) is 0.700. The average molecular weight is 179 g/mol. The molecule has 1 saturated carbocycles. The highest BCUT2D eigenvalue weighted by atomic mass is 15.0. The second-order valence-electron chi connectivity index (χ2n) is 3.91.